The number of guanidine groups is 1. The molecule has 0 fully saturated rings. The number of phenolic OH excluding ortho intramolecular Hbond substituents is 1. The summed E-state index contributed by atoms with van der Waals surface area (Å²) >= 11 is 0. The normalized spacial score (nSPS) is 13.9. The van der Waals surface area contributed by atoms with E-state index in [2.05, 4.69) is 57.5 Å². The second-order valence-electron chi connectivity index (χ2n) is 22.9. The van der Waals surface area contributed by atoms with E-state index in [1.165, 1.54) is 24.3 Å². The Labute approximate surface area is 528 Å². The maximum atomic E-state index is 15.2. The predicted octanol–water partition coefficient (Wildman–Crippen LogP) is 1.95. The minimum Gasteiger partial charge on any atom is -0.508 e. The lowest BCUT2D eigenvalue weighted by molar-refractivity contribution is -0.141. The number of hydrogen-bond acceptors (Lipinski definition) is 12. The molecule has 0 bridgehead atoms. The van der Waals surface area contributed by atoms with E-state index in [9.17, 15) is 39.0 Å². The maximum Gasteiger partial charge on any atom is 0.305 e. The van der Waals surface area contributed by atoms with Gasteiger partial charge < -0.3 is 84.9 Å². The number of amides is 8. The van der Waals surface area contributed by atoms with E-state index >= 15 is 14.4 Å². The standard InChI is InChI=1S/C66H77N15O11/c1-36(2)57(65(92)80-53(30-40-34-73-48-20-10-7-16-44(40)48)62(89)78-52(29-39-33-72-47-19-9-6-15-43(39)47)61(88)75-50(58(68)85)27-37-13-4-3-5-14-37)81-64(91)54(31-41-35-74-49-21-11-8-17-45(41)49)79-60(87)51(28-38-22-24-42(82)25-23-38)77-63(90)55(32-56(83)84)76-59(86)46(67)18-12-26-71-66(69)70/h3-11,13-17,19-25,33-36,46,50-55,57,72-74,82H,12,18,26-32,67H2,1-2H3,(H2,68,85)(H,75,88)(H,76,86)(H,77,90)(H,78,89)(H,79,87)(H,80,92)(H,81,91)(H,83,84)(H4,69,70,71). The lowest BCUT2D eigenvalue weighted by atomic mass is 9.98. The summed E-state index contributed by atoms with van der Waals surface area (Å²) in [4.78, 5) is 137. The van der Waals surface area contributed by atoms with Gasteiger partial charge in [0.25, 0.3) is 0 Å². The van der Waals surface area contributed by atoms with Crippen LogP contribution in [-0.2, 0) is 75.3 Å². The fourth-order valence-corrected chi connectivity index (χ4v) is 10.8. The number of nitrogens with one attached hydrogen (secondary N) is 12. The first-order valence-electron chi connectivity index (χ1n) is 30.0. The molecule has 8 rings (SSSR count). The van der Waals surface area contributed by atoms with Crippen molar-refractivity contribution in [2.24, 2.45) is 23.1 Å². The number of carbonyl (C=O) groups excluding carboxylic acids is 8. The summed E-state index contributed by atoms with van der Waals surface area (Å²) in [7, 11) is 0. The van der Waals surface area contributed by atoms with Crippen molar-refractivity contribution in [2.45, 2.75) is 114 Å². The van der Waals surface area contributed by atoms with Crippen molar-refractivity contribution in [2.75, 3.05) is 6.54 Å². The molecule has 3 heterocycles. The van der Waals surface area contributed by atoms with Crippen molar-refractivity contribution in [1.82, 2.24) is 57.5 Å². The van der Waals surface area contributed by atoms with Gasteiger partial charge in [-0.15, -0.1) is 0 Å². The van der Waals surface area contributed by atoms with Gasteiger partial charge in [0.1, 0.15) is 48.0 Å². The van der Waals surface area contributed by atoms with Crippen molar-refractivity contribution in [3.63, 3.8) is 0 Å². The topological polar surface area (TPSA) is 440 Å². The zero-order valence-electron chi connectivity index (χ0n) is 50.7. The third-order valence-corrected chi connectivity index (χ3v) is 15.8. The highest BCUT2D eigenvalue weighted by Crippen LogP contribution is 2.24. The number of carboxylic acid groups (broad SMARTS) is 1. The Morgan fingerprint density at radius 3 is 1.29 bits per heavy atom. The number of nitrogens with two attached hydrogens (primary N) is 3. The smallest absolute Gasteiger partial charge is 0.305 e. The van der Waals surface area contributed by atoms with E-state index in [0.29, 0.717) is 33.2 Å². The summed E-state index contributed by atoms with van der Waals surface area (Å²) in [6.45, 7) is 3.52. The number of aliphatic carboxylic acids is 1. The third-order valence-electron chi connectivity index (χ3n) is 15.8. The minimum atomic E-state index is -1.75. The highest BCUT2D eigenvalue weighted by Gasteiger charge is 2.37. The first kappa shape index (κ1) is 66.9. The second-order valence-corrected chi connectivity index (χ2v) is 22.9. The van der Waals surface area contributed by atoms with Crippen LogP contribution in [0.3, 0.4) is 0 Å². The molecule has 26 heteroatoms. The molecular formula is C66H77N15O11. The summed E-state index contributed by atoms with van der Waals surface area (Å²) in [5, 5.41) is 51.2. The Hall–Kier alpha value is -11.0. The van der Waals surface area contributed by atoms with Crippen LogP contribution in [-0.4, -0.2) is 139 Å². The molecular weight excluding hydrogens is 1180 g/mol. The number of primary amides is 1. The van der Waals surface area contributed by atoms with Crippen molar-refractivity contribution in [3.8, 4) is 5.75 Å². The van der Waals surface area contributed by atoms with Gasteiger partial charge in [0, 0.05) is 89.9 Å². The molecule has 8 atom stereocenters. The van der Waals surface area contributed by atoms with Gasteiger partial charge in [-0.3, -0.25) is 48.6 Å². The molecule has 0 aliphatic heterocycles. The number of aromatic hydroxyl groups is 1. The van der Waals surface area contributed by atoms with Crippen LogP contribution in [0, 0.1) is 11.3 Å². The Balaban J connectivity index is 1.08. The molecule has 0 radical (unpaired) electrons. The molecule has 5 aromatic carbocycles. The Bertz CT molecular complexity index is 3940. The SMILES string of the molecule is CC(C)C(NC(=O)C(Cc1c[nH]c2ccccc12)NC(=O)C(Cc1ccc(O)cc1)NC(=O)C(CC(=O)O)NC(=O)C(N)CCCNC(=N)N)C(=O)NC(Cc1c[nH]c2ccccc12)C(=O)NC(Cc1c[nH]c2ccccc12)C(=O)NC(Cc1ccccc1)C(N)=O. The van der Waals surface area contributed by atoms with Crippen molar-refractivity contribution in [1.29, 1.82) is 5.41 Å². The molecule has 8 aromatic rings. The van der Waals surface area contributed by atoms with Gasteiger partial charge in [-0.2, -0.15) is 0 Å². The van der Waals surface area contributed by atoms with E-state index < -0.39 is 114 Å². The highest BCUT2D eigenvalue weighted by atomic mass is 16.4. The van der Waals surface area contributed by atoms with Gasteiger partial charge in [-0.05, 0) is 76.9 Å². The number of fused-ring (bicyclic) bond motifs is 3. The molecule has 26 nitrogen and oxygen atoms in total. The quantitative estimate of drug-likeness (QED) is 0.0163. The lowest BCUT2D eigenvalue weighted by Crippen LogP contribution is -2.62. The zero-order chi connectivity index (χ0) is 66.0. The molecule has 8 amide bonds. The number of para-hydroxylation sites is 3. The number of H-pyrrole nitrogens is 3. The molecule has 3 aromatic heterocycles. The molecule has 0 saturated heterocycles. The molecule has 92 heavy (non-hydrogen) atoms. The summed E-state index contributed by atoms with van der Waals surface area (Å²) in [6.07, 6.45) is 3.86. The van der Waals surface area contributed by atoms with Crippen LogP contribution in [0.2, 0.25) is 0 Å². The fraction of sp³-hybridized carbons (Fsp3) is 0.303. The number of carbonyl (C=O) groups is 9. The molecule has 0 spiro atoms. The summed E-state index contributed by atoms with van der Waals surface area (Å²) in [5.74, 6) is -9.52. The van der Waals surface area contributed by atoms with Crippen molar-refractivity contribution >= 4 is 91.9 Å². The average molecular weight is 1260 g/mol. The molecule has 0 saturated carbocycles. The maximum absolute atomic E-state index is 15.2. The zero-order valence-corrected chi connectivity index (χ0v) is 50.7. The van der Waals surface area contributed by atoms with E-state index in [-0.39, 0.29) is 63.2 Å². The van der Waals surface area contributed by atoms with Crippen LogP contribution >= 0.6 is 0 Å². The number of hydrogen-bond donors (Lipinski definition) is 17. The van der Waals surface area contributed by atoms with Gasteiger partial charge in [-0.1, -0.05) is 111 Å². The minimum absolute atomic E-state index is 0.0531. The average Bonchev–Trinajstić information content (AvgIpc) is 1.97. The Kier molecular flexibility index (Phi) is 22.9. The van der Waals surface area contributed by atoms with Gasteiger partial charge in [-0.25, -0.2) is 0 Å². The number of carboxylic acids is 1. The van der Waals surface area contributed by atoms with Crippen LogP contribution in [0.4, 0.5) is 0 Å². The monoisotopic (exact) mass is 1260 g/mol. The summed E-state index contributed by atoms with van der Waals surface area (Å²) in [5.41, 5.74) is 22.5. The van der Waals surface area contributed by atoms with Crippen molar-refractivity contribution < 1.29 is 53.4 Å². The summed E-state index contributed by atoms with van der Waals surface area (Å²) < 4.78 is 0. The predicted molar refractivity (Wildman–Crippen MR) is 345 cm³/mol. The third kappa shape index (κ3) is 18.3. The molecule has 8 unspecified atom stereocenters. The van der Waals surface area contributed by atoms with Gasteiger partial charge >= 0.3 is 5.97 Å². The van der Waals surface area contributed by atoms with E-state index in [0.717, 1.165) is 27.4 Å². The first-order valence-corrected chi connectivity index (χ1v) is 30.0. The van der Waals surface area contributed by atoms with Crippen LogP contribution in [0.25, 0.3) is 32.7 Å². The second kappa shape index (κ2) is 31.4. The summed E-state index contributed by atoms with van der Waals surface area (Å²) in [6, 6.07) is 25.1. The van der Waals surface area contributed by atoms with Gasteiger partial charge in [0.2, 0.25) is 47.3 Å². The lowest BCUT2D eigenvalue weighted by Gasteiger charge is -2.29. The van der Waals surface area contributed by atoms with Gasteiger partial charge in [0.05, 0.1) is 12.5 Å². The molecule has 0 aliphatic carbocycles. The van der Waals surface area contributed by atoms with E-state index in [4.69, 9.17) is 22.6 Å². The van der Waals surface area contributed by atoms with Crippen LogP contribution < -0.4 is 59.7 Å². The molecule has 20 N–H and O–H groups in total. The molecule has 482 valence electrons. The number of benzene rings is 5. The molecule has 0 aliphatic rings. The number of aromatic amines is 3. The van der Waals surface area contributed by atoms with Crippen LogP contribution in [0.5, 0.6) is 5.75 Å². The largest absolute Gasteiger partial charge is 0.508 e. The number of rotatable bonds is 32. The van der Waals surface area contributed by atoms with Gasteiger partial charge in [0.15, 0.2) is 5.96 Å². The highest BCUT2D eigenvalue weighted by molar-refractivity contribution is 6.00. The Morgan fingerprint density at radius 1 is 0.467 bits per heavy atom. The van der Waals surface area contributed by atoms with Crippen molar-refractivity contribution in [3.05, 3.63) is 174 Å². The van der Waals surface area contributed by atoms with Crippen LogP contribution in [0.1, 0.15) is 60.9 Å². The van der Waals surface area contributed by atoms with E-state index in [1.54, 1.807) is 81.0 Å². The number of phenols is 1. The fourth-order valence-electron chi connectivity index (χ4n) is 10.8. The van der Waals surface area contributed by atoms with E-state index in [1.807, 2.05) is 54.6 Å². The Morgan fingerprint density at radius 2 is 0.848 bits per heavy atom. The van der Waals surface area contributed by atoms with Crippen LogP contribution in [0.15, 0.2) is 146 Å². The number of aromatic nitrogens is 3. The first-order chi connectivity index (χ1) is 44.1.